The summed E-state index contributed by atoms with van der Waals surface area (Å²) in [7, 11) is 0. The van der Waals surface area contributed by atoms with Gasteiger partial charge in [-0.15, -0.1) is 0 Å². The molecule has 8 aromatic rings. The highest BCUT2D eigenvalue weighted by Gasteiger charge is 2.47. The van der Waals surface area contributed by atoms with Crippen LogP contribution in [-0.4, -0.2) is 0 Å². The highest BCUT2D eigenvalue weighted by Crippen LogP contribution is 2.59. The summed E-state index contributed by atoms with van der Waals surface area (Å²) in [5, 5.41) is 0. The average molecular weight is 765 g/mol. The van der Waals surface area contributed by atoms with E-state index in [0.717, 1.165) is 34.1 Å². The molecule has 0 amide bonds. The van der Waals surface area contributed by atoms with Gasteiger partial charge < -0.3 is 9.80 Å². The lowest BCUT2D eigenvalue weighted by atomic mass is 9.66. The molecule has 0 bridgehead atoms. The van der Waals surface area contributed by atoms with Crippen molar-refractivity contribution >= 4 is 34.1 Å². The standard InChI is InChI=1S/C57H52N2/c1-55(2,3)41-21-19-23-43(37-41)57(44-24-20-22-42(38-44)56(4,5)6)53-39-49(58(45-25-11-7-12-26-45)46-27-13-8-14-28-46)33-35-51(53)52-36-34-50(40-54(52)57)59(47-29-15-9-16-30-47)48-31-17-10-18-32-48/h7-40H,1-6H3. The van der Waals surface area contributed by atoms with E-state index in [1.165, 1.54) is 44.5 Å². The van der Waals surface area contributed by atoms with E-state index in [2.05, 4.69) is 258 Å². The highest BCUT2D eigenvalue weighted by molar-refractivity contribution is 5.92. The van der Waals surface area contributed by atoms with E-state index in [1.807, 2.05) is 0 Å². The van der Waals surface area contributed by atoms with E-state index >= 15 is 0 Å². The van der Waals surface area contributed by atoms with Gasteiger partial charge >= 0.3 is 0 Å². The summed E-state index contributed by atoms with van der Waals surface area (Å²) >= 11 is 0. The number of hydrogen-bond donors (Lipinski definition) is 0. The topological polar surface area (TPSA) is 6.48 Å². The molecule has 0 saturated heterocycles. The molecule has 0 heterocycles. The fourth-order valence-corrected chi connectivity index (χ4v) is 9.01. The molecule has 2 heteroatoms. The molecule has 0 aliphatic heterocycles. The van der Waals surface area contributed by atoms with Crippen LogP contribution in [0.4, 0.5) is 34.1 Å². The second-order valence-corrected chi connectivity index (χ2v) is 17.9. The molecule has 0 spiro atoms. The van der Waals surface area contributed by atoms with Crippen LogP contribution in [0.3, 0.4) is 0 Å². The minimum absolute atomic E-state index is 0.0484. The van der Waals surface area contributed by atoms with Crippen molar-refractivity contribution in [1.82, 2.24) is 0 Å². The van der Waals surface area contributed by atoms with Gasteiger partial charge in [0.15, 0.2) is 0 Å². The Morgan fingerprint density at radius 3 is 0.932 bits per heavy atom. The van der Waals surface area contributed by atoms with Crippen molar-refractivity contribution < 1.29 is 0 Å². The zero-order chi connectivity index (χ0) is 40.8. The van der Waals surface area contributed by atoms with Gasteiger partial charge in [0, 0.05) is 34.1 Å². The zero-order valence-electron chi connectivity index (χ0n) is 35.0. The van der Waals surface area contributed by atoms with Gasteiger partial charge in [0.05, 0.1) is 5.41 Å². The number of hydrogen-bond acceptors (Lipinski definition) is 2. The van der Waals surface area contributed by atoms with Gasteiger partial charge in [-0.1, -0.05) is 175 Å². The molecule has 0 aromatic heterocycles. The van der Waals surface area contributed by atoms with Crippen LogP contribution < -0.4 is 9.80 Å². The van der Waals surface area contributed by atoms with Crippen molar-refractivity contribution in [3.05, 3.63) is 240 Å². The summed E-state index contributed by atoms with van der Waals surface area (Å²) in [6, 6.07) is 76.2. The second kappa shape index (κ2) is 14.9. The Labute approximate surface area is 351 Å². The minimum atomic E-state index is -0.655. The van der Waals surface area contributed by atoms with Crippen LogP contribution in [-0.2, 0) is 16.2 Å². The first kappa shape index (κ1) is 37.9. The summed E-state index contributed by atoms with van der Waals surface area (Å²) < 4.78 is 0. The minimum Gasteiger partial charge on any atom is -0.310 e. The first-order valence-electron chi connectivity index (χ1n) is 20.9. The van der Waals surface area contributed by atoms with Crippen LogP contribution in [0.5, 0.6) is 0 Å². The number of rotatable bonds is 8. The summed E-state index contributed by atoms with van der Waals surface area (Å²) in [5.41, 5.74) is 16.2. The van der Waals surface area contributed by atoms with E-state index in [1.54, 1.807) is 0 Å². The third-order valence-electron chi connectivity index (χ3n) is 12.0. The Bertz CT molecular complexity index is 2450. The summed E-state index contributed by atoms with van der Waals surface area (Å²) in [6.45, 7) is 13.9. The molecule has 59 heavy (non-hydrogen) atoms. The smallest absolute Gasteiger partial charge is 0.0715 e. The molecular formula is C57H52N2. The average Bonchev–Trinajstić information content (AvgIpc) is 3.55. The SMILES string of the molecule is CC(C)(C)c1cccc(C2(c3cccc(C(C)(C)C)c3)c3cc(N(c4ccccc4)c4ccccc4)ccc3-c3ccc(N(c4ccccc4)c4ccccc4)cc32)c1. The number of nitrogens with zero attached hydrogens (tertiary/aromatic N) is 2. The molecule has 1 aliphatic rings. The predicted molar refractivity (Wildman–Crippen MR) is 251 cm³/mol. The number of benzene rings is 8. The van der Waals surface area contributed by atoms with E-state index in [-0.39, 0.29) is 10.8 Å². The van der Waals surface area contributed by atoms with Crippen molar-refractivity contribution in [3.8, 4) is 11.1 Å². The molecular weight excluding hydrogens is 713 g/mol. The van der Waals surface area contributed by atoms with Gasteiger partial charge in [-0.2, -0.15) is 0 Å². The summed E-state index contributed by atoms with van der Waals surface area (Å²) in [5.74, 6) is 0. The van der Waals surface area contributed by atoms with E-state index in [4.69, 9.17) is 0 Å². The number of para-hydroxylation sites is 4. The van der Waals surface area contributed by atoms with Gasteiger partial charge in [0.1, 0.15) is 0 Å². The maximum atomic E-state index is 2.49. The molecule has 0 atom stereocenters. The fraction of sp³-hybridized carbons (Fsp3) is 0.158. The van der Waals surface area contributed by atoms with Gasteiger partial charge in [-0.25, -0.2) is 0 Å². The molecule has 290 valence electrons. The molecule has 9 rings (SSSR count). The maximum Gasteiger partial charge on any atom is 0.0715 e. The van der Waals surface area contributed by atoms with Gasteiger partial charge in [-0.3, -0.25) is 0 Å². The largest absolute Gasteiger partial charge is 0.310 e. The molecule has 0 fully saturated rings. The van der Waals surface area contributed by atoms with Gasteiger partial charge in [0.25, 0.3) is 0 Å². The Hall–Kier alpha value is -6.64. The first-order chi connectivity index (χ1) is 28.5. The highest BCUT2D eigenvalue weighted by atomic mass is 15.1. The molecule has 0 N–H and O–H groups in total. The quantitative estimate of drug-likeness (QED) is 0.152. The Morgan fingerprint density at radius 2 is 0.627 bits per heavy atom. The van der Waals surface area contributed by atoms with E-state index in [0.29, 0.717) is 0 Å². The normalized spacial score (nSPS) is 13.1. The second-order valence-electron chi connectivity index (χ2n) is 17.9. The summed E-state index contributed by atoms with van der Waals surface area (Å²) in [4.78, 5) is 4.78. The van der Waals surface area contributed by atoms with Crippen LogP contribution in [0.1, 0.15) is 74.9 Å². The molecule has 0 saturated carbocycles. The molecule has 0 radical (unpaired) electrons. The predicted octanol–water partition coefficient (Wildman–Crippen LogP) is 15.6. The third kappa shape index (κ3) is 6.83. The fourth-order valence-electron chi connectivity index (χ4n) is 9.01. The third-order valence-corrected chi connectivity index (χ3v) is 12.0. The van der Waals surface area contributed by atoms with E-state index in [9.17, 15) is 0 Å². The van der Waals surface area contributed by atoms with Crippen LogP contribution in [0, 0.1) is 0 Å². The van der Waals surface area contributed by atoms with Crippen molar-refractivity contribution in [2.45, 2.75) is 57.8 Å². The van der Waals surface area contributed by atoms with Gasteiger partial charge in [-0.05, 0) is 128 Å². The molecule has 2 nitrogen and oxygen atoms in total. The van der Waals surface area contributed by atoms with Crippen molar-refractivity contribution in [3.63, 3.8) is 0 Å². The maximum absolute atomic E-state index is 2.49. The van der Waals surface area contributed by atoms with Crippen LogP contribution in [0.25, 0.3) is 11.1 Å². The first-order valence-corrected chi connectivity index (χ1v) is 20.9. The van der Waals surface area contributed by atoms with Crippen LogP contribution >= 0.6 is 0 Å². The molecule has 1 aliphatic carbocycles. The zero-order valence-corrected chi connectivity index (χ0v) is 35.0. The molecule has 8 aromatic carbocycles. The lowest BCUT2D eigenvalue weighted by molar-refractivity contribution is 0.585. The lowest BCUT2D eigenvalue weighted by Crippen LogP contribution is -2.30. The van der Waals surface area contributed by atoms with Crippen molar-refractivity contribution in [2.24, 2.45) is 0 Å². The number of anilines is 6. The van der Waals surface area contributed by atoms with Crippen LogP contribution in [0.15, 0.2) is 206 Å². The van der Waals surface area contributed by atoms with Crippen LogP contribution in [0.2, 0.25) is 0 Å². The molecule has 0 unspecified atom stereocenters. The Balaban J connectivity index is 1.40. The number of fused-ring (bicyclic) bond motifs is 3. The van der Waals surface area contributed by atoms with E-state index < -0.39 is 5.41 Å². The Morgan fingerprint density at radius 1 is 0.305 bits per heavy atom. The summed E-state index contributed by atoms with van der Waals surface area (Å²) in [6.07, 6.45) is 0. The Kier molecular flexibility index (Phi) is 9.60. The van der Waals surface area contributed by atoms with Crippen molar-refractivity contribution in [1.29, 1.82) is 0 Å². The monoisotopic (exact) mass is 764 g/mol. The van der Waals surface area contributed by atoms with Crippen molar-refractivity contribution in [2.75, 3.05) is 9.80 Å². The lowest BCUT2D eigenvalue weighted by Gasteiger charge is -2.37. The van der Waals surface area contributed by atoms with Gasteiger partial charge in [0.2, 0.25) is 0 Å².